The van der Waals surface area contributed by atoms with Crippen LogP contribution in [0.5, 0.6) is 0 Å². The van der Waals surface area contributed by atoms with Crippen LogP contribution in [0.1, 0.15) is 27.2 Å². The van der Waals surface area contributed by atoms with E-state index in [0.29, 0.717) is 6.54 Å². The van der Waals surface area contributed by atoms with Gasteiger partial charge in [-0.25, -0.2) is 0 Å². The summed E-state index contributed by atoms with van der Waals surface area (Å²) < 4.78 is 0. The van der Waals surface area contributed by atoms with Crippen LogP contribution >= 0.6 is 0 Å². The molecule has 2 N–H and O–H groups in total. The third kappa shape index (κ3) is 7.56. The lowest BCUT2D eigenvalue weighted by atomic mass is 10.1. The van der Waals surface area contributed by atoms with E-state index in [2.05, 4.69) is 18.8 Å². The van der Waals surface area contributed by atoms with Gasteiger partial charge in [-0.3, -0.25) is 0 Å². The second-order valence-electron chi connectivity index (χ2n) is 3.52. The molecule has 0 atom stereocenters. The lowest BCUT2D eigenvalue weighted by Crippen LogP contribution is -2.35. The molecule has 2 heteroatoms. The second kappa shape index (κ2) is 4.52. The number of rotatable bonds is 5. The molecule has 0 radical (unpaired) electrons. The van der Waals surface area contributed by atoms with E-state index in [9.17, 15) is 5.11 Å². The van der Waals surface area contributed by atoms with Gasteiger partial charge in [0, 0.05) is 13.1 Å². The fourth-order valence-corrected chi connectivity index (χ4v) is 0.670. The molecule has 0 aliphatic carbocycles. The molecule has 0 fully saturated rings. The predicted octanol–water partition coefficient (Wildman–Crippen LogP) is 1.31. The van der Waals surface area contributed by atoms with Gasteiger partial charge < -0.3 is 10.4 Å². The summed E-state index contributed by atoms with van der Waals surface area (Å²) >= 11 is 0. The molecular formula is C9H19NO. The monoisotopic (exact) mass is 157 g/mol. The Hall–Kier alpha value is -0.340. The summed E-state index contributed by atoms with van der Waals surface area (Å²) in [6, 6.07) is 0. The Balaban J connectivity index is 3.35. The SMILES string of the molecule is C=C(CC)CNCC(C)(C)O. The standard InChI is InChI=1S/C9H19NO/c1-5-8(2)6-10-7-9(3,4)11/h10-11H,2,5-7H2,1,3-4H3. The third-order valence-electron chi connectivity index (χ3n) is 1.43. The quantitative estimate of drug-likeness (QED) is 0.590. The molecule has 0 rings (SSSR count). The van der Waals surface area contributed by atoms with Crippen molar-refractivity contribution in [2.45, 2.75) is 32.8 Å². The largest absolute Gasteiger partial charge is 0.389 e. The molecule has 11 heavy (non-hydrogen) atoms. The smallest absolute Gasteiger partial charge is 0.0715 e. The summed E-state index contributed by atoms with van der Waals surface area (Å²) in [5.41, 5.74) is 0.558. The maximum absolute atomic E-state index is 9.31. The van der Waals surface area contributed by atoms with Crippen LogP contribution in [-0.4, -0.2) is 23.8 Å². The van der Waals surface area contributed by atoms with Gasteiger partial charge in [0.05, 0.1) is 5.60 Å². The van der Waals surface area contributed by atoms with Crippen molar-refractivity contribution in [2.75, 3.05) is 13.1 Å². The van der Waals surface area contributed by atoms with Gasteiger partial charge in [-0.05, 0) is 20.3 Å². The van der Waals surface area contributed by atoms with Crippen LogP contribution in [0.2, 0.25) is 0 Å². The van der Waals surface area contributed by atoms with Gasteiger partial charge in [-0.1, -0.05) is 19.1 Å². The molecule has 0 spiro atoms. The number of aliphatic hydroxyl groups is 1. The van der Waals surface area contributed by atoms with E-state index in [1.807, 2.05) is 0 Å². The van der Waals surface area contributed by atoms with Crippen LogP contribution in [0.4, 0.5) is 0 Å². The Labute approximate surface area is 69.3 Å². The molecule has 0 unspecified atom stereocenters. The molecule has 0 bridgehead atoms. The van der Waals surface area contributed by atoms with Crippen LogP contribution < -0.4 is 5.32 Å². The van der Waals surface area contributed by atoms with Gasteiger partial charge >= 0.3 is 0 Å². The average molecular weight is 157 g/mol. The highest BCUT2D eigenvalue weighted by molar-refractivity contribution is 4.95. The Kier molecular flexibility index (Phi) is 4.38. The van der Waals surface area contributed by atoms with Crippen molar-refractivity contribution in [3.8, 4) is 0 Å². The Morgan fingerprint density at radius 2 is 2.09 bits per heavy atom. The number of hydrogen-bond donors (Lipinski definition) is 2. The zero-order chi connectivity index (χ0) is 8.91. The first-order valence-electron chi connectivity index (χ1n) is 4.05. The molecule has 0 aromatic carbocycles. The van der Waals surface area contributed by atoms with Gasteiger partial charge in [0.1, 0.15) is 0 Å². The lowest BCUT2D eigenvalue weighted by molar-refractivity contribution is 0.0807. The van der Waals surface area contributed by atoms with E-state index in [1.165, 1.54) is 5.57 Å². The minimum absolute atomic E-state index is 0.617. The van der Waals surface area contributed by atoms with Crippen LogP contribution in [0.3, 0.4) is 0 Å². The second-order valence-corrected chi connectivity index (χ2v) is 3.52. The molecule has 0 aromatic rings. The van der Waals surface area contributed by atoms with Gasteiger partial charge in [0.15, 0.2) is 0 Å². The lowest BCUT2D eigenvalue weighted by Gasteiger charge is -2.17. The third-order valence-corrected chi connectivity index (χ3v) is 1.43. The summed E-state index contributed by atoms with van der Waals surface area (Å²) in [6.45, 7) is 10.9. The molecule has 2 nitrogen and oxygen atoms in total. The van der Waals surface area contributed by atoms with E-state index < -0.39 is 5.60 Å². The van der Waals surface area contributed by atoms with Gasteiger partial charge in [-0.15, -0.1) is 0 Å². The number of hydrogen-bond acceptors (Lipinski definition) is 2. The van der Waals surface area contributed by atoms with E-state index in [4.69, 9.17) is 0 Å². The van der Waals surface area contributed by atoms with Gasteiger partial charge in [-0.2, -0.15) is 0 Å². The maximum Gasteiger partial charge on any atom is 0.0715 e. The molecule has 0 aliphatic heterocycles. The van der Waals surface area contributed by atoms with E-state index in [0.717, 1.165) is 13.0 Å². The molecule has 0 saturated carbocycles. The molecular weight excluding hydrogens is 138 g/mol. The molecule has 66 valence electrons. The highest BCUT2D eigenvalue weighted by atomic mass is 16.3. The van der Waals surface area contributed by atoms with E-state index >= 15 is 0 Å². The minimum atomic E-state index is -0.617. The van der Waals surface area contributed by atoms with Crippen LogP contribution in [0, 0.1) is 0 Å². The van der Waals surface area contributed by atoms with Crippen LogP contribution in [-0.2, 0) is 0 Å². The van der Waals surface area contributed by atoms with Crippen LogP contribution in [0.15, 0.2) is 12.2 Å². The molecule has 0 heterocycles. The molecule has 0 aromatic heterocycles. The first-order valence-corrected chi connectivity index (χ1v) is 4.05. The maximum atomic E-state index is 9.31. The predicted molar refractivity (Wildman–Crippen MR) is 48.6 cm³/mol. The van der Waals surface area contributed by atoms with E-state index in [-0.39, 0.29) is 0 Å². The Morgan fingerprint density at radius 1 is 1.55 bits per heavy atom. The molecule has 0 saturated heterocycles. The summed E-state index contributed by atoms with van der Waals surface area (Å²) in [6.07, 6.45) is 0.999. The van der Waals surface area contributed by atoms with Crippen molar-refractivity contribution in [1.82, 2.24) is 5.32 Å². The summed E-state index contributed by atoms with van der Waals surface area (Å²) in [5.74, 6) is 0. The highest BCUT2D eigenvalue weighted by Gasteiger charge is 2.10. The van der Waals surface area contributed by atoms with Gasteiger partial charge in [0.2, 0.25) is 0 Å². The summed E-state index contributed by atoms with van der Waals surface area (Å²) in [7, 11) is 0. The van der Waals surface area contributed by atoms with Gasteiger partial charge in [0.25, 0.3) is 0 Å². The zero-order valence-corrected chi connectivity index (χ0v) is 7.78. The summed E-state index contributed by atoms with van der Waals surface area (Å²) in [4.78, 5) is 0. The van der Waals surface area contributed by atoms with Crippen molar-refractivity contribution < 1.29 is 5.11 Å². The fraction of sp³-hybridized carbons (Fsp3) is 0.778. The average Bonchev–Trinajstić information content (AvgIpc) is 1.85. The zero-order valence-electron chi connectivity index (χ0n) is 7.78. The van der Waals surface area contributed by atoms with Crippen LogP contribution in [0.25, 0.3) is 0 Å². The van der Waals surface area contributed by atoms with Crippen molar-refractivity contribution in [3.05, 3.63) is 12.2 Å². The fourth-order valence-electron chi connectivity index (χ4n) is 0.670. The Morgan fingerprint density at radius 3 is 2.45 bits per heavy atom. The minimum Gasteiger partial charge on any atom is -0.389 e. The van der Waals surface area contributed by atoms with Crippen molar-refractivity contribution >= 4 is 0 Å². The van der Waals surface area contributed by atoms with Crippen molar-refractivity contribution in [1.29, 1.82) is 0 Å². The van der Waals surface area contributed by atoms with Crippen molar-refractivity contribution in [2.24, 2.45) is 0 Å². The van der Waals surface area contributed by atoms with E-state index in [1.54, 1.807) is 13.8 Å². The first-order chi connectivity index (χ1) is 4.95. The normalized spacial score (nSPS) is 11.6. The highest BCUT2D eigenvalue weighted by Crippen LogP contribution is 1.98. The van der Waals surface area contributed by atoms with Crippen molar-refractivity contribution in [3.63, 3.8) is 0 Å². The Bertz CT molecular complexity index is 124. The number of nitrogens with one attached hydrogen (secondary N) is 1. The molecule has 0 aliphatic rings. The topological polar surface area (TPSA) is 32.3 Å². The molecule has 0 amide bonds. The summed E-state index contributed by atoms with van der Waals surface area (Å²) in [5, 5.41) is 12.4. The first kappa shape index (κ1) is 10.7.